The van der Waals surface area contributed by atoms with Crippen molar-refractivity contribution in [2.75, 3.05) is 12.4 Å². The van der Waals surface area contributed by atoms with Crippen molar-refractivity contribution in [3.8, 4) is 0 Å². The van der Waals surface area contributed by atoms with Crippen LogP contribution >= 0.6 is 0 Å². The largest absolute Gasteiger partial charge is 0.478 e. The van der Waals surface area contributed by atoms with Crippen molar-refractivity contribution in [1.82, 2.24) is 4.98 Å². The third-order valence-electron chi connectivity index (χ3n) is 2.66. The van der Waals surface area contributed by atoms with Crippen molar-refractivity contribution in [3.05, 3.63) is 53.5 Å². The molecule has 2 N–H and O–H groups in total. The molecule has 0 radical (unpaired) electrons. The van der Waals surface area contributed by atoms with Gasteiger partial charge in [-0.25, -0.2) is 19.0 Å². The van der Waals surface area contributed by atoms with Gasteiger partial charge in [-0.3, -0.25) is 0 Å². The first-order chi connectivity index (χ1) is 10.0. The van der Waals surface area contributed by atoms with E-state index in [4.69, 9.17) is 5.11 Å². The highest BCUT2D eigenvalue weighted by Gasteiger charge is 2.10. The van der Waals surface area contributed by atoms with E-state index < -0.39 is 17.8 Å². The Morgan fingerprint density at radius 3 is 2.62 bits per heavy atom. The Hall–Kier alpha value is -2.96. The SMILES string of the molecule is COC(=O)c1ccnc(Nc2ccc(C(=O)O)cc2F)c1. The number of nitrogens with one attached hydrogen (secondary N) is 1. The third kappa shape index (κ3) is 3.33. The highest BCUT2D eigenvalue weighted by atomic mass is 19.1. The number of methoxy groups -OCH3 is 1. The van der Waals surface area contributed by atoms with Crippen LogP contribution in [0.2, 0.25) is 0 Å². The Bertz CT molecular complexity index is 703. The van der Waals surface area contributed by atoms with Gasteiger partial charge in [-0.05, 0) is 30.3 Å². The molecule has 2 aromatic rings. The summed E-state index contributed by atoms with van der Waals surface area (Å²) < 4.78 is 18.3. The predicted molar refractivity (Wildman–Crippen MR) is 72.2 cm³/mol. The number of rotatable bonds is 4. The van der Waals surface area contributed by atoms with Crippen LogP contribution in [0.4, 0.5) is 15.9 Å². The highest BCUT2D eigenvalue weighted by Crippen LogP contribution is 2.20. The molecule has 0 saturated heterocycles. The van der Waals surface area contributed by atoms with Gasteiger partial charge in [0.15, 0.2) is 0 Å². The minimum Gasteiger partial charge on any atom is -0.478 e. The number of aromatic carboxylic acids is 1. The summed E-state index contributed by atoms with van der Waals surface area (Å²) in [5.41, 5.74) is 0.154. The van der Waals surface area contributed by atoms with E-state index in [1.54, 1.807) is 0 Å². The molecule has 1 aromatic carbocycles. The molecule has 2 rings (SSSR count). The van der Waals surface area contributed by atoms with Crippen LogP contribution in [0.25, 0.3) is 0 Å². The molecule has 21 heavy (non-hydrogen) atoms. The molecule has 0 bridgehead atoms. The number of benzene rings is 1. The number of nitrogens with zero attached hydrogens (tertiary/aromatic N) is 1. The normalized spacial score (nSPS) is 10.0. The monoisotopic (exact) mass is 290 g/mol. The number of halogens is 1. The van der Waals surface area contributed by atoms with Gasteiger partial charge in [0.25, 0.3) is 0 Å². The van der Waals surface area contributed by atoms with Gasteiger partial charge in [-0.2, -0.15) is 0 Å². The molecule has 7 heteroatoms. The average molecular weight is 290 g/mol. The first-order valence-corrected chi connectivity index (χ1v) is 5.85. The maximum atomic E-state index is 13.8. The van der Waals surface area contributed by atoms with Crippen molar-refractivity contribution < 1.29 is 23.8 Å². The van der Waals surface area contributed by atoms with Crippen LogP contribution in [0.15, 0.2) is 36.5 Å². The lowest BCUT2D eigenvalue weighted by molar-refractivity contribution is 0.0599. The number of anilines is 2. The summed E-state index contributed by atoms with van der Waals surface area (Å²) in [6, 6.07) is 6.30. The van der Waals surface area contributed by atoms with Crippen LogP contribution < -0.4 is 5.32 Å². The fraction of sp³-hybridized carbons (Fsp3) is 0.0714. The summed E-state index contributed by atoms with van der Waals surface area (Å²) >= 11 is 0. The predicted octanol–water partition coefficient (Wildman–Crippen LogP) is 2.45. The third-order valence-corrected chi connectivity index (χ3v) is 2.66. The van der Waals surface area contributed by atoms with Crippen LogP contribution in [0.5, 0.6) is 0 Å². The summed E-state index contributed by atoms with van der Waals surface area (Å²) in [5.74, 6) is -2.26. The van der Waals surface area contributed by atoms with Crippen LogP contribution in [-0.4, -0.2) is 29.1 Å². The number of aromatic nitrogens is 1. The Morgan fingerprint density at radius 2 is 2.00 bits per heavy atom. The van der Waals surface area contributed by atoms with Gasteiger partial charge in [0, 0.05) is 6.20 Å². The molecule has 0 fully saturated rings. The lowest BCUT2D eigenvalue weighted by Gasteiger charge is -2.08. The summed E-state index contributed by atoms with van der Waals surface area (Å²) in [6.45, 7) is 0. The second-order valence-electron chi connectivity index (χ2n) is 4.05. The molecule has 0 aliphatic rings. The number of esters is 1. The van der Waals surface area contributed by atoms with Gasteiger partial charge >= 0.3 is 11.9 Å². The van der Waals surface area contributed by atoms with Gasteiger partial charge in [0.2, 0.25) is 0 Å². The molecule has 0 atom stereocenters. The lowest BCUT2D eigenvalue weighted by Crippen LogP contribution is -2.04. The lowest BCUT2D eigenvalue weighted by atomic mass is 10.2. The Labute approximate surface area is 119 Å². The molecule has 1 aromatic heterocycles. The molecule has 1 heterocycles. The van der Waals surface area contributed by atoms with E-state index >= 15 is 0 Å². The molecule has 108 valence electrons. The quantitative estimate of drug-likeness (QED) is 0.841. The van der Waals surface area contributed by atoms with E-state index in [-0.39, 0.29) is 22.6 Å². The fourth-order valence-corrected chi connectivity index (χ4v) is 1.63. The van der Waals surface area contributed by atoms with Crippen molar-refractivity contribution in [3.63, 3.8) is 0 Å². The summed E-state index contributed by atoms with van der Waals surface area (Å²) in [6.07, 6.45) is 1.37. The van der Waals surface area contributed by atoms with E-state index in [2.05, 4.69) is 15.0 Å². The number of carbonyl (C=O) groups excluding carboxylic acids is 1. The minimum absolute atomic E-state index is 0.0505. The maximum absolute atomic E-state index is 13.8. The molecule has 0 spiro atoms. The second-order valence-corrected chi connectivity index (χ2v) is 4.05. The number of ether oxygens (including phenoxy) is 1. The highest BCUT2D eigenvalue weighted by molar-refractivity contribution is 5.90. The zero-order chi connectivity index (χ0) is 15.4. The van der Waals surface area contributed by atoms with Crippen LogP contribution in [0, 0.1) is 5.82 Å². The second kappa shape index (κ2) is 6.00. The van der Waals surface area contributed by atoms with Crippen LogP contribution in [-0.2, 0) is 4.74 Å². The summed E-state index contributed by atoms with van der Waals surface area (Å²) in [5, 5.41) is 11.4. The van der Waals surface area contributed by atoms with Gasteiger partial charge in [-0.1, -0.05) is 0 Å². The van der Waals surface area contributed by atoms with E-state index in [0.29, 0.717) is 0 Å². The van der Waals surface area contributed by atoms with Crippen molar-refractivity contribution in [2.45, 2.75) is 0 Å². The number of hydrogen-bond acceptors (Lipinski definition) is 5. The minimum atomic E-state index is -1.22. The average Bonchev–Trinajstić information content (AvgIpc) is 2.48. The zero-order valence-corrected chi connectivity index (χ0v) is 11.0. The van der Waals surface area contributed by atoms with Gasteiger partial charge < -0.3 is 15.2 Å². The van der Waals surface area contributed by atoms with Gasteiger partial charge in [-0.15, -0.1) is 0 Å². The van der Waals surface area contributed by atoms with E-state index in [1.165, 1.54) is 37.6 Å². The zero-order valence-electron chi connectivity index (χ0n) is 11.0. The summed E-state index contributed by atoms with van der Waals surface area (Å²) in [4.78, 5) is 26.1. The Balaban J connectivity index is 2.26. The number of carboxylic acid groups (broad SMARTS) is 1. The number of pyridine rings is 1. The van der Waals surface area contributed by atoms with Crippen LogP contribution in [0.1, 0.15) is 20.7 Å². The molecular formula is C14H11FN2O4. The smallest absolute Gasteiger partial charge is 0.338 e. The fourth-order valence-electron chi connectivity index (χ4n) is 1.63. The van der Waals surface area contributed by atoms with E-state index in [1.807, 2.05) is 0 Å². The van der Waals surface area contributed by atoms with E-state index in [9.17, 15) is 14.0 Å². The molecule has 0 saturated carbocycles. The van der Waals surface area contributed by atoms with Crippen molar-refractivity contribution >= 4 is 23.4 Å². The van der Waals surface area contributed by atoms with Crippen LogP contribution in [0.3, 0.4) is 0 Å². The van der Waals surface area contributed by atoms with Crippen molar-refractivity contribution in [2.24, 2.45) is 0 Å². The number of carbonyl (C=O) groups is 2. The van der Waals surface area contributed by atoms with Crippen molar-refractivity contribution in [1.29, 1.82) is 0 Å². The summed E-state index contributed by atoms with van der Waals surface area (Å²) in [7, 11) is 1.25. The molecule has 0 unspecified atom stereocenters. The molecular weight excluding hydrogens is 279 g/mol. The van der Waals surface area contributed by atoms with Gasteiger partial charge in [0.1, 0.15) is 11.6 Å². The Kier molecular flexibility index (Phi) is 4.13. The van der Waals surface area contributed by atoms with E-state index in [0.717, 1.165) is 6.07 Å². The molecule has 6 nitrogen and oxygen atoms in total. The van der Waals surface area contributed by atoms with Gasteiger partial charge in [0.05, 0.1) is 23.9 Å². The first-order valence-electron chi connectivity index (χ1n) is 5.85. The topological polar surface area (TPSA) is 88.5 Å². The number of hydrogen-bond donors (Lipinski definition) is 2. The Morgan fingerprint density at radius 1 is 1.24 bits per heavy atom. The number of carboxylic acids is 1. The molecule has 0 aliphatic carbocycles. The molecule has 0 amide bonds. The first kappa shape index (κ1) is 14.4. The molecule has 0 aliphatic heterocycles. The standard InChI is InChI=1S/C14H11FN2O4/c1-21-14(20)9-4-5-16-12(7-9)17-11-3-2-8(13(18)19)6-10(11)15/h2-7H,1H3,(H,16,17)(H,18,19). The maximum Gasteiger partial charge on any atom is 0.338 e.